The molecule has 0 unspecified atom stereocenters. The van der Waals surface area contributed by atoms with Crippen molar-refractivity contribution in [1.82, 2.24) is 4.98 Å². The van der Waals surface area contributed by atoms with E-state index in [9.17, 15) is 4.79 Å². The Labute approximate surface area is 134 Å². The standard InChI is InChI=1S/C14H11BrClNO4/c15-9-7-12(16)14(17-8-9)21-11-3-1-10(2-4-11)20-6-5-13(18)19/h1-4,7-8H,5-6H2,(H,18,19). The van der Waals surface area contributed by atoms with Crippen LogP contribution in [-0.4, -0.2) is 22.7 Å². The first-order valence-electron chi connectivity index (χ1n) is 5.98. The van der Waals surface area contributed by atoms with Gasteiger partial charge in [-0.2, -0.15) is 0 Å². The predicted octanol–water partition coefficient (Wildman–Crippen LogP) is 4.14. The normalized spacial score (nSPS) is 10.2. The topological polar surface area (TPSA) is 68.7 Å². The second kappa shape index (κ2) is 7.28. The van der Waals surface area contributed by atoms with Crippen LogP contribution in [0.3, 0.4) is 0 Å². The summed E-state index contributed by atoms with van der Waals surface area (Å²) in [6, 6.07) is 8.44. The Morgan fingerprint density at radius 2 is 1.95 bits per heavy atom. The Balaban J connectivity index is 1.97. The summed E-state index contributed by atoms with van der Waals surface area (Å²) in [5.74, 6) is 0.529. The van der Waals surface area contributed by atoms with Gasteiger partial charge in [0.2, 0.25) is 5.88 Å². The fourth-order valence-electron chi connectivity index (χ4n) is 1.45. The number of ether oxygens (including phenoxy) is 2. The fourth-order valence-corrected chi connectivity index (χ4v) is 2.12. The van der Waals surface area contributed by atoms with E-state index >= 15 is 0 Å². The van der Waals surface area contributed by atoms with Crippen molar-refractivity contribution in [3.05, 3.63) is 46.0 Å². The number of carboxylic acid groups (broad SMARTS) is 1. The lowest BCUT2D eigenvalue weighted by molar-refractivity contribution is -0.137. The van der Waals surface area contributed by atoms with Crippen LogP contribution < -0.4 is 9.47 Å². The Morgan fingerprint density at radius 1 is 1.29 bits per heavy atom. The highest BCUT2D eigenvalue weighted by Gasteiger charge is 2.06. The van der Waals surface area contributed by atoms with Crippen LogP contribution >= 0.6 is 27.5 Å². The molecule has 110 valence electrons. The molecule has 0 aliphatic heterocycles. The predicted molar refractivity (Wildman–Crippen MR) is 81.2 cm³/mol. The first-order chi connectivity index (χ1) is 10.0. The van der Waals surface area contributed by atoms with Gasteiger partial charge in [-0.25, -0.2) is 4.98 Å². The van der Waals surface area contributed by atoms with Crippen molar-refractivity contribution in [2.75, 3.05) is 6.61 Å². The molecule has 1 aromatic carbocycles. The van der Waals surface area contributed by atoms with Gasteiger partial charge >= 0.3 is 5.97 Å². The molecule has 0 aliphatic carbocycles. The number of hydrogen-bond acceptors (Lipinski definition) is 4. The van der Waals surface area contributed by atoms with E-state index in [1.54, 1.807) is 36.5 Å². The molecule has 2 rings (SSSR count). The first kappa shape index (κ1) is 15.6. The summed E-state index contributed by atoms with van der Waals surface area (Å²) in [4.78, 5) is 14.4. The summed E-state index contributed by atoms with van der Waals surface area (Å²) in [6.07, 6.45) is 1.54. The number of aliphatic carboxylic acids is 1. The summed E-state index contributed by atoms with van der Waals surface area (Å²) < 4.78 is 11.6. The SMILES string of the molecule is O=C(O)CCOc1ccc(Oc2ncc(Br)cc2Cl)cc1. The van der Waals surface area contributed by atoms with Gasteiger partial charge in [0.15, 0.2) is 0 Å². The van der Waals surface area contributed by atoms with E-state index in [1.807, 2.05) is 0 Å². The van der Waals surface area contributed by atoms with Crippen LogP contribution in [0.25, 0.3) is 0 Å². The Kier molecular flexibility index (Phi) is 5.41. The monoisotopic (exact) mass is 371 g/mol. The van der Waals surface area contributed by atoms with Crippen LogP contribution in [-0.2, 0) is 4.79 Å². The molecule has 0 aliphatic rings. The molecule has 0 spiro atoms. The van der Waals surface area contributed by atoms with Crippen molar-refractivity contribution < 1.29 is 19.4 Å². The highest BCUT2D eigenvalue weighted by Crippen LogP contribution is 2.29. The van der Waals surface area contributed by atoms with Crippen LogP contribution in [0.1, 0.15) is 6.42 Å². The van der Waals surface area contributed by atoms with Gasteiger partial charge in [0, 0.05) is 10.7 Å². The van der Waals surface area contributed by atoms with Crippen LogP contribution in [0.5, 0.6) is 17.4 Å². The molecule has 1 aromatic heterocycles. The second-order valence-electron chi connectivity index (χ2n) is 4.01. The number of hydrogen-bond donors (Lipinski definition) is 1. The molecule has 0 fully saturated rings. The lowest BCUT2D eigenvalue weighted by atomic mass is 10.3. The molecule has 0 saturated heterocycles. The highest BCUT2D eigenvalue weighted by atomic mass is 79.9. The minimum Gasteiger partial charge on any atom is -0.493 e. The van der Waals surface area contributed by atoms with E-state index in [-0.39, 0.29) is 13.0 Å². The van der Waals surface area contributed by atoms with Crippen molar-refractivity contribution in [2.45, 2.75) is 6.42 Å². The molecule has 0 amide bonds. The average molecular weight is 373 g/mol. The van der Waals surface area contributed by atoms with Gasteiger partial charge in [0.05, 0.1) is 13.0 Å². The zero-order valence-corrected chi connectivity index (χ0v) is 13.1. The van der Waals surface area contributed by atoms with Crippen LogP contribution in [0.15, 0.2) is 41.0 Å². The molecule has 0 saturated carbocycles. The summed E-state index contributed by atoms with van der Waals surface area (Å²) in [7, 11) is 0. The lowest BCUT2D eigenvalue weighted by Crippen LogP contribution is -2.04. The maximum absolute atomic E-state index is 10.4. The number of benzene rings is 1. The fraction of sp³-hybridized carbons (Fsp3) is 0.143. The summed E-state index contributed by atoms with van der Waals surface area (Å²) in [6.45, 7) is 0.121. The highest BCUT2D eigenvalue weighted by molar-refractivity contribution is 9.10. The number of aromatic nitrogens is 1. The molecule has 0 bridgehead atoms. The zero-order chi connectivity index (χ0) is 15.2. The third-order valence-corrected chi connectivity index (χ3v) is 3.10. The van der Waals surface area contributed by atoms with Crippen LogP contribution in [0, 0.1) is 0 Å². The van der Waals surface area contributed by atoms with E-state index in [2.05, 4.69) is 20.9 Å². The van der Waals surface area contributed by atoms with E-state index in [0.29, 0.717) is 22.4 Å². The zero-order valence-electron chi connectivity index (χ0n) is 10.8. The van der Waals surface area contributed by atoms with Crippen molar-refractivity contribution in [1.29, 1.82) is 0 Å². The number of nitrogens with zero attached hydrogens (tertiary/aromatic N) is 1. The van der Waals surface area contributed by atoms with Gasteiger partial charge in [-0.1, -0.05) is 11.6 Å². The van der Waals surface area contributed by atoms with E-state index in [1.165, 1.54) is 0 Å². The lowest BCUT2D eigenvalue weighted by Gasteiger charge is -2.08. The van der Waals surface area contributed by atoms with Crippen molar-refractivity contribution in [3.63, 3.8) is 0 Å². The number of carboxylic acids is 1. The third kappa shape index (κ3) is 4.91. The molecule has 21 heavy (non-hydrogen) atoms. The molecule has 1 N–H and O–H groups in total. The summed E-state index contributed by atoms with van der Waals surface area (Å²) >= 11 is 9.28. The van der Waals surface area contributed by atoms with Gasteiger partial charge in [-0.15, -0.1) is 0 Å². The molecule has 0 atom stereocenters. The molecule has 5 nitrogen and oxygen atoms in total. The largest absolute Gasteiger partial charge is 0.493 e. The van der Waals surface area contributed by atoms with Gasteiger partial charge in [0.25, 0.3) is 0 Å². The first-order valence-corrected chi connectivity index (χ1v) is 7.15. The van der Waals surface area contributed by atoms with Crippen molar-refractivity contribution in [2.24, 2.45) is 0 Å². The number of carbonyl (C=O) groups is 1. The minimum atomic E-state index is -0.897. The molecular formula is C14H11BrClNO4. The molecule has 2 aromatic rings. The van der Waals surface area contributed by atoms with Crippen molar-refractivity contribution >= 4 is 33.5 Å². The summed E-state index contributed by atoms with van der Waals surface area (Å²) in [5, 5.41) is 8.92. The van der Waals surface area contributed by atoms with Crippen LogP contribution in [0.4, 0.5) is 0 Å². The number of halogens is 2. The van der Waals surface area contributed by atoms with E-state index < -0.39 is 5.97 Å². The van der Waals surface area contributed by atoms with E-state index in [0.717, 1.165) is 4.47 Å². The molecule has 1 heterocycles. The number of pyridine rings is 1. The Bertz CT molecular complexity index is 633. The molecular weight excluding hydrogens is 362 g/mol. The van der Waals surface area contributed by atoms with E-state index in [4.69, 9.17) is 26.2 Å². The Morgan fingerprint density at radius 3 is 2.57 bits per heavy atom. The maximum Gasteiger partial charge on any atom is 0.306 e. The van der Waals surface area contributed by atoms with Gasteiger partial charge < -0.3 is 14.6 Å². The quantitative estimate of drug-likeness (QED) is 0.825. The van der Waals surface area contributed by atoms with Crippen LogP contribution in [0.2, 0.25) is 5.02 Å². The van der Waals surface area contributed by atoms with Gasteiger partial charge in [0.1, 0.15) is 16.5 Å². The second-order valence-corrected chi connectivity index (χ2v) is 5.33. The molecule has 0 radical (unpaired) electrons. The average Bonchev–Trinajstić information content (AvgIpc) is 2.43. The maximum atomic E-state index is 10.4. The Hall–Kier alpha value is -1.79. The van der Waals surface area contributed by atoms with Gasteiger partial charge in [-0.05, 0) is 46.3 Å². The molecule has 7 heteroatoms. The minimum absolute atomic E-state index is 0.0450. The van der Waals surface area contributed by atoms with Gasteiger partial charge in [-0.3, -0.25) is 4.79 Å². The third-order valence-electron chi connectivity index (χ3n) is 2.40. The van der Waals surface area contributed by atoms with Crippen molar-refractivity contribution in [3.8, 4) is 17.4 Å². The smallest absolute Gasteiger partial charge is 0.306 e. The number of rotatable bonds is 6. The summed E-state index contributed by atoms with van der Waals surface area (Å²) in [5.41, 5.74) is 0.